The highest BCUT2D eigenvalue weighted by atomic mass is 79.9. The second-order valence-corrected chi connectivity index (χ2v) is 6.12. The average molecular weight is 345 g/mol. The minimum absolute atomic E-state index is 0.00423. The fourth-order valence-electron chi connectivity index (χ4n) is 2.75. The van der Waals surface area contributed by atoms with Crippen LogP contribution >= 0.6 is 15.9 Å². The Morgan fingerprint density at radius 1 is 1.10 bits per heavy atom. The van der Waals surface area contributed by atoms with Gasteiger partial charge in [0, 0.05) is 4.47 Å². The number of rotatable bonds is 3. The Morgan fingerprint density at radius 3 is 2.62 bits per heavy atom. The average Bonchev–Trinajstić information content (AvgIpc) is 2.47. The number of nitrogens with two attached hydrogens (primary N) is 1. The number of nitrogens with one attached hydrogen (secondary N) is 1. The summed E-state index contributed by atoms with van der Waals surface area (Å²) in [6.07, 6.45) is 4.79. The lowest BCUT2D eigenvalue weighted by molar-refractivity contribution is 0.479. The summed E-state index contributed by atoms with van der Waals surface area (Å²) < 4.78 is 6.74. The summed E-state index contributed by atoms with van der Waals surface area (Å²) >= 11 is 3.42. The van der Waals surface area contributed by atoms with Gasteiger partial charge in [0.25, 0.3) is 0 Å². The maximum absolute atomic E-state index is 7.70. The highest BCUT2D eigenvalue weighted by Crippen LogP contribution is 2.32. The van der Waals surface area contributed by atoms with Crippen molar-refractivity contribution < 1.29 is 4.74 Å². The molecule has 0 amide bonds. The number of fused-ring (bicyclic) bond motifs is 1. The molecular formula is C17H17BrN2O. The summed E-state index contributed by atoms with van der Waals surface area (Å²) in [5.74, 6) is 1.40. The van der Waals surface area contributed by atoms with E-state index in [1.807, 2.05) is 24.3 Å². The minimum atomic E-state index is -0.00423. The fourth-order valence-corrected chi connectivity index (χ4v) is 3.31. The molecule has 0 heterocycles. The number of halogens is 1. The van der Waals surface area contributed by atoms with Crippen molar-refractivity contribution >= 4 is 21.8 Å². The first-order valence-corrected chi connectivity index (χ1v) is 7.87. The smallest absolute Gasteiger partial charge is 0.139 e. The molecular weight excluding hydrogens is 328 g/mol. The summed E-state index contributed by atoms with van der Waals surface area (Å²) in [7, 11) is 0. The van der Waals surface area contributed by atoms with Gasteiger partial charge < -0.3 is 10.5 Å². The zero-order chi connectivity index (χ0) is 14.8. The van der Waals surface area contributed by atoms with Gasteiger partial charge >= 0.3 is 0 Å². The maximum atomic E-state index is 7.70. The van der Waals surface area contributed by atoms with Crippen LogP contribution in [0.4, 0.5) is 0 Å². The van der Waals surface area contributed by atoms with Crippen molar-refractivity contribution in [2.75, 3.05) is 0 Å². The van der Waals surface area contributed by atoms with Gasteiger partial charge in [-0.05, 0) is 77.0 Å². The monoisotopic (exact) mass is 344 g/mol. The van der Waals surface area contributed by atoms with Crippen molar-refractivity contribution in [3.05, 3.63) is 57.6 Å². The summed E-state index contributed by atoms with van der Waals surface area (Å²) in [5, 5.41) is 7.70. The molecule has 0 fully saturated rings. The maximum Gasteiger partial charge on any atom is 0.139 e. The van der Waals surface area contributed by atoms with Crippen molar-refractivity contribution in [3.63, 3.8) is 0 Å². The van der Waals surface area contributed by atoms with E-state index in [1.165, 1.54) is 24.0 Å². The predicted molar refractivity (Wildman–Crippen MR) is 88.3 cm³/mol. The van der Waals surface area contributed by atoms with Crippen molar-refractivity contribution in [3.8, 4) is 11.5 Å². The van der Waals surface area contributed by atoms with E-state index in [-0.39, 0.29) is 5.84 Å². The quantitative estimate of drug-likeness (QED) is 0.640. The standard InChI is InChI=1S/C17H17BrN2O/c18-14-6-3-7-15(16(14)17(19)20)21-13-9-8-11-4-1-2-5-12(11)10-13/h3,6-10H,1-2,4-5H2,(H3,19,20). The van der Waals surface area contributed by atoms with Crippen LogP contribution in [0.25, 0.3) is 0 Å². The molecule has 108 valence electrons. The normalized spacial score (nSPS) is 13.6. The number of hydrogen-bond donors (Lipinski definition) is 2. The summed E-state index contributed by atoms with van der Waals surface area (Å²) in [5.41, 5.74) is 9.04. The van der Waals surface area contributed by atoms with Gasteiger partial charge in [0.05, 0.1) is 5.56 Å². The summed E-state index contributed by atoms with van der Waals surface area (Å²) in [6.45, 7) is 0. The van der Waals surface area contributed by atoms with E-state index < -0.39 is 0 Å². The molecule has 0 saturated heterocycles. The van der Waals surface area contributed by atoms with Crippen LogP contribution in [0.5, 0.6) is 11.5 Å². The SMILES string of the molecule is N=C(N)c1c(Br)cccc1Oc1ccc2c(c1)CCCC2. The minimum Gasteiger partial charge on any atom is -0.457 e. The second kappa shape index (κ2) is 5.90. The molecule has 3 nitrogen and oxygen atoms in total. The summed E-state index contributed by atoms with van der Waals surface area (Å²) in [6, 6.07) is 11.8. The van der Waals surface area contributed by atoms with E-state index in [0.717, 1.165) is 23.1 Å². The first-order valence-electron chi connectivity index (χ1n) is 7.08. The van der Waals surface area contributed by atoms with Gasteiger partial charge in [-0.2, -0.15) is 0 Å². The zero-order valence-corrected chi connectivity index (χ0v) is 13.2. The highest BCUT2D eigenvalue weighted by Gasteiger charge is 2.14. The van der Waals surface area contributed by atoms with E-state index in [4.69, 9.17) is 15.9 Å². The molecule has 21 heavy (non-hydrogen) atoms. The molecule has 0 saturated carbocycles. The lowest BCUT2D eigenvalue weighted by atomic mass is 9.92. The molecule has 2 aromatic rings. The Balaban J connectivity index is 1.94. The van der Waals surface area contributed by atoms with E-state index in [0.29, 0.717) is 11.3 Å². The van der Waals surface area contributed by atoms with Gasteiger partial charge in [0.1, 0.15) is 17.3 Å². The van der Waals surface area contributed by atoms with Crippen LogP contribution in [0.2, 0.25) is 0 Å². The summed E-state index contributed by atoms with van der Waals surface area (Å²) in [4.78, 5) is 0. The van der Waals surface area contributed by atoms with Gasteiger partial charge in [0.15, 0.2) is 0 Å². The number of hydrogen-bond acceptors (Lipinski definition) is 2. The molecule has 0 radical (unpaired) electrons. The molecule has 0 aromatic heterocycles. The first-order chi connectivity index (χ1) is 10.1. The largest absolute Gasteiger partial charge is 0.457 e. The number of amidine groups is 1. The molecule has 2 aromatic carbocycles. The van der Waals surface area contributed by atoms with Gasteiger partial charge in [-0.3, -0.25) is 5.41 Å². The van der Waals surface area contributed by atoms with Gasteiger partial charge in [0.2, 0.25) is 0 Å². The second-order valence-electron chi connectivity index (χ2n) is 5.27. The number of nitrogen functional groups attached to an aromatic ring is 1. The highest BCUT2D eigenvalue weighted by molar-refractivity contribution is 9.10. The Morgan fingerprint density at radius 2 is 1.86 bits per heavy atom. The molecule has 0 spiro atoms. The molecule has 0 aliphatic heterocycles. The van der Waals surface area contributed by atoms with Gasteiger partial charge in [-0.15, -0.1) is 0 Å². The third kappa shape index (κ3) is 2.95. The van der Waals surface area contributed by atoms with Gasteiger partial charge in [-0.1, -0.05) is 12.1 Å². The predicted octanol–water partition coefficient (Wildman–Crippen LogP) is 4.40. The Bertz CT molecular complexity index is 697. The van der Waals surface area contributed by atoms with E-state index in [1.54, 1.807) is 0 Å². The Labute approximate surface area is 132 Å². The lowest BCUT2D eigenvalue weighted by Gasteiger charge is -2.17. The van der Waals surface area contributed by atoms with Crippen LogP contribution in [-0.2, 0) is 12.8 Å². The van der Waals surface area contributed by atoms with Crippen LogP contribution < -0.4 is 10.5 Å². The Hall–Kier alpha value is -1.81. The molecule has 0 atom stereocenters. The van der Waals surface area contributed by atoms with Crippen LogP contribution in [0.3, 0.4) is 0 Å². The Kier molecular flexibility index (Phi) is 3.97. The fraction of sp³-hybridized carbons (Fsp3) is 0.235. The molecule has 0 bridgehead atoms. The van der Waals surface area contributed by atoms with E-state index >= 15 is 0 Å². The van der Waals surface area contributed by atoms with Crippen LogP contribution in [0, 0.1) is 5.41 Å². The van der Waals surface area contributed by atoms with Crippen molar-refractivity contribution in [2.45, 2.75) is 25.7 Å². The van der Waals surface area contributed by atoms with Crippen LogP contribution in [0.15, 0.2) is 40.9 Å². The molecule has 1 aliphatic rings. The van der Waals surface area contributed by atoms with Crippen LogP contribution in [0.1, 0.15) is 29.5 Å². The van der Waals surface area contributed by atoms with Crippen molar-refractivity contribution in [2.24, 2.45) is 5.73 Å². The zero-order valence-electron chi connectivity index (χ0n) is 11.7. The molecule has 1 aliphatic carbocycles. The van der Waals surface area contributed by atoms with E-state index in [9.17, 15) is 0 Å². The molecule has 0 unspecified atom stereocenters. The van der Waals surface area contributed by atoms with Crippen molar-refractivity contribution in [1.82, 2.24) is 0 Å². The number of benzene rings is 2. The number of aryl methyl sites for hydroxylation is 2. The van der Waals surface area contributed by atoms with Crippen LogP contribution in [-0.4, -0.2) is 5.84 Å². The lowest BCUT2D eigenvalue weighted by Crippen LogP contribution is -2.13. The topological polar surface area (TPSA) is 59.1 Å². The third-order valence-corrected chi connectivity index (χ3v) is 4.45. The van der Waals surface area contributed by atoms with Gasteiger partial charge in [-0.25, -0.2) is 0 Å². The first kappa shape index (κ1) is 14.1. The molecule has 3 N–H and O–H groups in total. The van der Waals surface area contributed by atoms with E-state index in [2.05, 4.69) is 28.1 Å². The molecule has 4 heteroatoms. The number of ether oxygens (including phenoxy) is 1. The molecule has 3 rings (SSSR count). The third-order valence-electron chi connectivity index (χ3n) is 3.79. The van der Waals surface area contributed by atoms with Crippen molar-refractivity contribution in [1.29, 1.82) is 5.41 Å².